The Balaban J connectivity index is 1.62. The van der Waals surface area contributed by atoms with E-state index >= 15 is 0 Å². The normalized spacial score (nSPS) is 13.8. The van der Waals surface area contributed by atoms with Gasteiger partial charge in [0.25, 0.3) is 5.91 Å². The van der Waals surface area contributed by atoms with E-state index in [9.17, 15) is 14.4 Å². The largest absolute Gasteiger partial charge is 0.342 e. The summed E-state index contributed by atoms with van der Waals surface area (Å²) in [4.78, 5) is 39.6. The zero-order valence-electron chi connectivity index (χ0n) is 14.8. The molecular formula is C19H21N3O3S. The highest BCUT2D eigenvalue weighted by atomic mass is 32.1. The number of nitrogens with one attached hydrogen (secondary N) is 2. The molecule has 1 saturated heterocycles. The molecule has 2 heterocycles. The maximum atomic E-state index is 12.2. The Hall–Kier alpha value is -2.67. The van der Waals surface area contributed by atoms with Gasteiger partial charge in [-0.05, 0) is 50.1 Å². The molecule has 1 aromatic carbocycles. The standard InChI is InChI=1S/C19H21N3O3S/c1-12-8-9-16(26-12)19(25)20-11-17(23)21-14-5-3-6-15(13(14)2)22-10-4-7-18(22)24/h3,5-6,8-9H,4,7,10-11H2,1-2H3,(H,20,25)(H,21,23). The Morgan fingerprint density at radius 2 is 2.00 bits per heavy atom. The minimum absolute atomic E-state index is 0.107. The van der Waals surface area contributed by atoms with Crippen molar-refractivity contribution in [2.24, 2.45) is 0 Å². The highest BCUT2D eigenvalue weighted by molar-refractivity contribution is 7.13. The van der Waals surface area contributed by atoms with E-state index < -0.39 is 0 Å². The van der Waals surface area contributed by atoms with Gasteiger partial charge in [-0.3, -0.25) is 14.4 Å². The first-order valence-electron chi connectivity index (χ1n) is 8.50. The van der Waals surface area contributed by atoms with Crippen molar-refractivity contribution in [2.75, 3.05) is 23.3 Å². The van der Waals surface area contributed by atoms with Gasteiger partial charge in [-0.15, -0.1) is 11.3 Å². The van der Waals surface area contributed by atoms with Gasteiger partial charge in [0.05, 0.1) is 11.4 Å². The van der Waals surface area contributed by atoms with E-state index in [1.807, 2.05) is 32.0 Å². The summed E-state index contributed by atoms with van der Waals surface area (Å²) in [6, 6.07) is 9.11. The van der Waals surface area contributed by atoms with Crippen LogP contribution < -0.4 is 15.5 Å². The number of amides is 3. The highest BCUT2D eigenvalue weighted by Gasteiger charge is 2.23. The maximum Gasteiger partial charge on any atom is 0.261 e. The van der Waals surface area contributed by atoms with Crippen LogP contribution in [-0.4, -0.2) is 30.8 Å². The van der Waals surface area contributed by atoms with Crippen LogP contribution in [0.25, 0.3) is 0 Å². The molecule has 0 saturated carbocycles. The number of hydrogen-bond donors (Lipinski definition) is 2. The van der Waals surface area contributed by atoms with Crippen molar-refractivity contribution in [1.29, 1.82) is 0 Å². The van der Waals surface area contributed by atoms with Crippen LogP contribution in [-0.2, 0) is 9.59 Å². The van der Waals surface area contributed by atoms with Crippen molar-refractivity contribution in [2.45, 2.75) is 26.7 Å². The van der Waals surface area contributed by atoms with Crippen molar-refractivity contribution >= 4 is 40.4 Å². The molecule has 2 N–H and O–H groups in total. The van der Waals surface area contributed by atoms with Gasteiger partial charge in [0, 0.05) is 29.2 Å². The Morgan fingerprint density at radius 3 is 2.65 bits per heavy atom. The van der Waals surface area contributed by atoms with Crippen LogP contribution in [0, 0.1) is 13.8 Å². The van der Waals surface area contributed by atoms with Crippen molar-refractivity contribution in [3.8, 4) is 0 Å². The summed E-state index contributed by atoms with van der Waals surface area (Å²) >= 11 is 1.39. The average Bonchev–Trinajstić information content (AvgIpc) is 3.23. The van der Waals surface area contributed by atoms with Crippen LogP contribution >= 0.6 is 11.3 Å². The Bertz CT molecular complexity index is 859. The fourth-order valence-electron chi connectivity index (χ4n) is 2.95. The number of rotatable bonds is 5. The summed E-state index contributed by atoms with van der Waals surface area (Å²) in [6.45, 7) is 4.40. The quantitative estimate of drug-likeness (QED) is 0.848. The van der Waals surface area contributed by atoms with Crippen molar-refractivity contribution in [1.82, 2.24) is 5.32 Å². The molecule has 3 rings (SSSR count). The minimum atomic E-state index is -0.306. The third kappa shape index (κ3) is 3.94. The zero-order valence-corrected chi connectivity index (χ0v) is 15.6. The molecule has 26 heavy (non-hydrogen) atoms. The van der Waals surface area contributed by atoms with Crippen molar-refractivity contribution < 1.29 is 14.4 Å². The molecule has 1 aliphatic heterocycles. The van der Waals surface area contributed by atoms with Gasteiger partial charge in [-0.25, -0.2) is 0 Å². The first-order chi connectivity index (χ1) is 12.5. The third-order valence-corrected chi connectivity index (χ3v) is 5.32. The first-order valence-corrected chi connectivity index (χ1v) is 9.32. The van der Waals surface area contributed by atoms with Gasteiger partial charge < -0.3 is 15.5 Å². The van der Waals surface area contributed by atoms with Crippen LogP contribution in [0.4, 0.5) is 11.4 Å². The molecule has 3 amide bonds. The lowest BCUT2D eigenvalue weighted by molar-refractivity contribution is -0.117. The van der Waals surface area contributed by atoms with Gasteiger partial charge in [0.2, 0.25) is 11.8 Å². The molecule has 0 bridgehead atoms. The Kier molecular flexibility index (Phi) is 5.37. The average molecular weight is 371 g/mol. The Labute approximate surface area is 156 Å². The van der Waals surface area contributed by atoms with E-state index in [0.29, 0.717) is 23.5 Å². The second-order valence-electron chi connectivity index (χ2n) is 6.24. The molecule has 6 nitrogen and oxygen atoms in total. The molecule has 0 unspecified atom stereocenters. The Morgan fingerprint density at radius 1 is 1.19 bits per heavy atom. The minimum Gasteiger partial charge on any atom is -0.342 e. The summed E-state index contributed by atoms with van der Waals surface area (Å²) < 4.78 is 0. The summed E-state index contributed by atoms with van der Waals surface area (Å²) in [5, 5.41) is 5.44. The molecular weight excluding hydrogens is 350 g/mol. The van der Waals surface area contributed by atoms with Gasteiger partial charge in [0.1, 0.15) is 0 Å². The van der Waals surface area contributed by atoms with Gasteiger partial charge in [-0.1, -0.05) is 6.07 Å². The number of carbonyl (C=O) groups is 3. The number of carbonyl (C=O) groups excluding carboxylic acids is 3. The van der Waals surface area contributed by atoms with Crippen LogP contribution in [0.2, 0.25) is 0 Å². The molecule has 7 heteroatoms. The predicted molar refractivity (Wildman–Crippen MR) is 103 cm³/mol. The van der Waals surface area contributed by atoms with Crippen LogP contribution in [0.1, 0.15) is 33.0 Å². The van der Waals surface area contributed by atoms with Gasteiger partial charge in [-0.2, -0.15) is 0 Å². The molecule has 0 atom stereocenters. The van der Waals surface area contributed by atoms with E-state index in [4.69, 9.17) is 0 Å². The molecule has 1 aliphatic rings. The summed E-state index contributed by atoms with van der Waals surface area (Å²) in [7, 11) is 0. The smallest absolute Gasteiger partial charge is 0.261 e. The zero-order chi connectivity index (χ0) is 18.7. The van der Waals surface area contributed by atoms with Crippen molar-refractivity contribution in [3.05, 3.63) is 45.6 Å². The summed E-state index contributed by atoms with van der Waals surface area (Å²) in [5.41, 5.74) is 2.31. The van der Waals surface area contributed by atoms with E-state index in [2.05, 4.69) is 10.6 Å². The SMILES string of the molecule is Cc1ccc(C(=O)NCC(=O)Nc2cccc(N3CCCC3=O)c2C)s1. The number of hydrogen-bond acceptors (Lipinski definition) is 4. The fraction of sp³-hybridized carbons (Fsp3) is 0.316. The van der Waals surface area contributed by atoms with E-state index in [0.717, 1.165) is 22.5 Å². The molecule has 1 aromatic heterocycles. The van der Waals surface area contributed by atoms with E-state index in [1.54, 1.807) is 17.0 Å². The first kappa shape index (κ1) is 18.1. The lowest BCUT2D eigenvalue weighted by Gasteiger charge is -2.20. The number of anilines is 2. The number of thiophene rings is 1. The van der Waals surface area contributed by atoms with Gasteiger partial charge in [0.15, 0.2) is 0 Å². The summed E-state index contributed by atoms with van der Waals surface area (Å²) in [6.07, 6.45) is 1.41. The van der Waals surface area contributed by atoms with Crippen molar-refractivity contribution in [3.63, 3.8) is 0 Å². The second kappa shape index (κ2) is 7.70. The highest BCUT2D eigenvalue weighted by Crippen LogP contribution is 2.29. The fourth-order valence-corrected chi connectivity index (χ4v) is 3.74. The molecule has 136 valence electrons. The molecule has 1 fully saturated rings. The van der Waals surface area contributed by atoms with Crippen LogP contribution in [0.15, 0.2) is 30.3 Å². The lowest BCUT2D eigenvalue weighted by Crippen LogP contribution is -2.32. The number of nitrogens with zero attached hydrogens (tertiary/aromatic N) is 1. The predicted octanol–water partition coefficient (Wildman–Crippen LogP) is 2.86. The van der Waals surface area contributed by atoms with Crippen LogP contribution in [0.3, 0.4) is 0 Å². The molecule has 0 radical (unpaired) electrons. The second-order valence-corrected chi connectivity index (χ2v) is 7.53. The lowest BCUT2D eigenvalue weighted by atomic mass is 10.1. The molecule has 2 aromatic rings. The van der Waals surface area contributed by atoms with Gasteiger partial charge >= 0.3 is 0 Å². The van der Waals surface area contributed by atoms with E-state index in [1.165, 1.54) is 11.3 Å². The monoisotopic (exact) mass is 371 g/mol. The topological polar surface area (TPSA) is 78.5 Å². The number of aryl methyl sites for hydroxylation is 1. The summed E-state index contributed by atoms with van der Waals surface area (Å²) in [5.74, 6) is -0.457. The van der Waals surface area contributed by atoms with E-state index in [-0.39, 0.29) is 24.3 Å². The molecule has 0 spiro atoms. The number of benzene rings is 1. The van der Waals surface area contributed by atoms with Crippen LogP contribution in [0.5, 0.6) is 0 Å². The molecule has 0 aliphatic carbocycles. The third-order valence-electron chi connectivity index (χ3n) is 4.32. The maximum absolute atomic E-state index is 12.2.